The molecule has 0 aliphatic heterocycles. The zero-order chi connectivity index (χ0) is 10.9. The van der Waals surface area contributed by atoms with Crippen LogP contribution in [0.25, 0.3) is 0 Å². The Morgan fingerprint density at radius 1 is 1.00 bits per heavy atom. The summed E-state index contributed by atoms with van der Waals surface area (Å²) in [6.07, 6.45) is 4.85. The molecule has 0 aliphatic rings. The number of hydrogen-bond acceptors (Lipinski definition) is 0. The van der Waals surface area contributed by atoms with Crippen molar-refractivity contribution in [3.05, 3.63) is 0 Å². The lowest BCUT2D eigenvalue weighted by atomic mass is 10.1. The molecule has 0 aromatic rings. The molecule has 2 heteroatoms. The molecule has 14 heavy (non-hydrogen) atoms. The van der Waals surface area contributed by atoms with Gasteiger partial charge in [-0.3, -0.25) is 0 Å². The zero-order valence-corrected chi connectivity index (χ0v) is 9.21. The van der Waals surface area contributed by atoms with Crippen LogP contribution in [0.4, 0.5) is 8.78 Å². The van der Waals surface area contributed by atoms with E-state index < -0.39 is 5.92 Å². The van der Waals surface area contributed by atoms with Crippen LogP contribution in [0, 0.1) is 11.8 Å². The molecular formula is C12H20F2. The molecule has 0 rings (SSSR count). The first-order chi connectivity index (χ1) is 6.62. The molecule has 0 N–H and O–H groups in total. The standard InChI is InChI=1S/C12H20F2/c1-3-5-7-9-11-12(13,14)10-8-6-4-2/h3-8,10H2,1-2H3. The number of rotatable bonds is 6. The molecule has 0 bridgehead atoms. The average Bonchev–Trinajstić information content (AvgIpc) is 2.13. The number of alkyl halides is 2. The number of hydrogen-bond donors (Lipinski definition) is 0. The summed E-state index contributed by atoms with van der Waals surface area (Å²) in [5, 5.41) is 0. The Bertz CT molecular complexity index is 186. The van der Waals surface area contributed by atoms with Crippen molar-refractivity contribution < 1.29 is 8.78 Å². The maximum absolute atomic E-state index is 13.0. The highest BCUT2D eigenvalue weighted by Crippen LogP contribution is 2.20. The van der Waals surface area contributed by atoms with Crippen molar-refractivity contribution in [1.82, 2.24) is 0 Å². The second-order valence-electron chi connectivity index (χ2n) is 3.57. The van der Waals surface area contributed by atoms with Crippen molar-refractivity contribution in [3.63, 3.8) is 0 Å². The van der Waals surface area contributed by atoms with Crippen molar-refractivity contribution in [1.29, 1.82) is 0 Å². The maximum Gasteiger partial charge on any atom is 0.308 e. The SMILES string of the molecule is CCCCC#CC(F)(F)CCCCC. The first-order valence-corrected chi connectivity index (χ1v) is 5.50. The van der Waals surface area contributed by atoms with E-state index in [1.54, 1.807) is 0 Å². The topological polar surface area (TPSA) is 0 Å². The summed E-state index contributed by atoms with van der Waals surface area (Å²) in [6.45, 7) is 4.03. The van der Waals surface area contributed by atoms with E-state index in [0.717, 1.165) is 25.7 Å². The fourth-order valence-electron chi connectivity index (χ4n) is 1.12. The van der Waals surface area contributed by atoms with Gasteiger partial charge >= 0.3 is 5.92 Å². The second kappa shape index (κ2) is 7.79. The van der Waals surface area contributed by atoms with Gasteiger partial charge in [0.1, 0.15) is 0 Å². The van der Waals surface area contributed by atoms with Gasteiger partial charge in [0.25, 0.3) is 0 Å². The molecule has 0 aromatic heterocycles. The van der Waals surface area contributed by atoms with Crippen LogP contribution in [0.5, 0.6) is 0 Å². The molecule has 0 spiro atoms. The summed E-state index contributed by atoms with van der Waals surface area (Å²) in [4.78, 5) is 0. The predicted molar refractivity (Wildman–Crippen MR) is 56.4 cm³/mol. The van der Waals surface area contributed by atoms with E-state index in [4.69, 9.17) is 0 Å². The largest absolute Gasteiger partial charge is 0.308 e. The highest BCUT2D eigenvalue weighted by Gasteiger charge is 2.24. The van der Waals surface area contributed by atoms with Crippen LogP contribution in [0.15, 0.2) is 0 Å². The molecule has 0 atom stereocenters. The van der Waals surface area contributed by atoms with Crippen molar-refractivity contribution in [2.75, 3.05) is 0 Å². The zero-order valence-electron chi connectivity index (χ0n) is 9.21. The van der Waals surface area contributed by atoms with E-state index in [-0.39, 0.29) is 6.42 Å². The highest BCUT2D eigenvalue weighted by atomic mass is 19.3. The van der Waals surface area contributed by atoms with Crippen molar-refractivity contribution in [3.8, 4) is 11.8 Å². The highest BCUT2D eigenvalue weighted by molar-refractivity contribution is 5.09. The summed E-state index contributed by atoms with van der Waals surface area (Å²) in [6, 6.07) is 0. The molecule has 0 amide bonds. The molecule has 0 saturated heterocycles. The molecule has 0 fully saturated rings. The molecule has 0 aliphatic carbocycles. The van der Waals surface area contributed by atoms with E-state index in [2.05, 4.69) is 11.8 Å². The Morgan fingerprint density at radius 2 is 1.64 bits per heavy atom. The lowest BCUT2D eigenvalue weighted by Gasteiger charge is -2.07. The smallest absolute Gasteiger partial charge is 0.192 e. The monoisotopic (exact) mass is 202 g/mol. The Hall–Kier alpha value is -0.580. The van der Waals surface area contributed by atoms with Crippen molar-refractivity contribution in [2.45, 2.75) is 64.7 Å². The summed E-state index contributed by atoms with van der Waals surface area (Å²) in [7, 11) is 0. The van der Waals surface area contributed by atoms with E-state index >= 15 is 0 Å². The molecule has 0 nitrogen and oxygen atoms in total. The minimum Gasteiger partial charge on any atom is -0.192 e. The van der Waals surface area contributed by atoms with Gasteiger partial charge in [-0.25, -0.2) is 0 Å². The van der Waals surface area contributed by atoms with Crippen LogP contribution in [-0.2, 0) is 0 Å². The van der Waals surface area contributed by atoms with Crippen LogP contribution < -0.4 is 0 Å². The third-order valence-corrected chi connectivity index (χ3v) is 2.02. The lowest BCUT2D eigenvalue weighted by Crippen LogP contribution is -2.12. The van der Waals surface area contributed by atoms with Gasteiger partial charge in [-0.1, -0.05) is 39.0 Å². The fourth-order valence-corrected chi connectivity index (χ4v) is 1.12. The molecule has 0 heterocycles. The summed E-state index contributed by atoms with van der Waals surface area (Å²) < 4.78 is 26.0. The van der Waals surface area contributed by atoms with Crippen LogP contribution in [-0.4, -0.2) is 5.92 Å². The first kappa shape index (κ1) is 13.4. The molecular weight excluding hydrogens is 182 g/mol. The third kappa shape index (κ3) is 8.04. The van der Waals surface area contributed by atoms with Gasteiger partial charge in [-0.15, -0.1) is 0 Å². The summed E-state index contributed by atoms with van der Waals surface area (Å²) in [5.74, 6) is 1.86. The Balaban J connectivity index is 3.72. The third-order valence-electron chi connectivity index (χ3n) is 2.02. The Morgan fingerprint density at radius 3 is 2.21 bits per heavy atom. The van der Waals surface area contributed by atoms with Gasteiger partial charge in [-0.05, 0) is 18.8 Å². The van der Waals surface area contributed by atoms with E-state index in [1.165, 1.54) is 0 Å². The van der Waals surface area contributed by atoms with Crippen LogP contribution in [0.2, 0.25) is 0 Å². The molecule has 0 unspecified atom stereocenters. The van der Waals surface area contributed by atoms with Gasteiger partial charge in [0, 0.05) is 12.8 Å². The molecule has 82 valence electrons. The van der Waals surface area contributed by atoms with Crippen molar-refractivity contribution >= 4 is 0 Å². The van der Waals surface area contributed by atoms with Crippen molar-refractivity contribution in [2.24, 2.45) is 0 Å². The van der Waals surface area contributed by atoms with E-state index in [1.807, 2.05) is 13.8 Å². The lowest BCUT2D eigenvalue weighted by molar-refractivity contribution is 0.0537. The van der Waals surface area contributed by atoms with Crippen LogP contribution in [0.1, 0.15) is 58.8 Å². The van der Waals surface area contributed by atoms with E-state index in [9.17, 15) is 8.78 Å². The van der Waals surface area contributed by atoms with Gasteiger partial charge < -0.3 is 0 Å². The summed E-state index contributed by atoms with van der Waals surface area (Å²) >= 11 is 0. The fraction of sp³-hybridized carbons (Fsp3) is 0.833. The minimum absolute atomic E-state index is 0.0834. The van der Waals surface area contributed by atoms with Gasteiger partial charge in [-0.2, -0.15) is 8.78 Å². The minimum atomic E-state index is -2.76. The van der Waals surface area contributed by atoms with Crippen LogP contribution >= 0.6 is 0 Å². The molecule has 0 radical (unpaired) electrons. The van der Waals surface area contributed by atoms with E-state index in [0.29, 0.717) is 12.8 Å². The molecule has 0 aromatic carbocycles. The van der Waals surface area contributed by atoms with Gasteiger partial charge in [0.05, 0.1) is 0 Å². The van der Waals surface area contributed by atoms with Gasteiger partial charge in [0.15, 0.2) is 0 Å². The first-order valence-electron chi connectivity index (χ1n) is 5.50. The van der Waals surface area contributed by atoms with Crippen LogP contribution in [0.3, 0.4) is 0 Å². The predicted octanol–water partition coefficient (Wildman–Crippen LogP) is 4.40. The number of halogens is 2. The normalized spacial score (nSPS) is 10.9. The quantitative estimate of drug-likeness (QED) is 0.442. The number of unbranched alkanes of at least 4 members (excludes halogenated alkanes) is 4. The molecule has 0 saturated carbocycles. The average molecular weight is 202 g/mol. The second-order valence-corrected chi connectivity index (χ2v) is 3.57. The Labute approximate surface area is 86.1 Å². The Kier molecular flexibility index (Phi) is 7.47. The van der Waals surface area contributed by atoms with Gasteiger partial charge in [0.2, 0.25) is 0 Å². The summed E-state index contributed by atoms with van der Waals surface area (Å²) in [5.41, 5.74) is 0. The maximum atomic E-state index is 13.0.